The summed E-state index contributed by atoms with van der Waals surface area (Å²) in [4.78, 5) is 16.1. The molecule has 0 radical (unpaired) electrons. The summed E-state index contributed by atoms with van der Waals surface area (Å²) in [5.41, 5.74) is 1.02. The largest absolute Gasteiger partial charge is 0.497 e. The van der Waals surface area contributed by atoms with Gasteiger partial charge in [-0.15, -0.1) is 0 Å². The molecule has 0 saturated heterocycles. The van der Waals surface area contributed by atoms with Crippen molar-refractivity contribution in [3.8, 4) is 5.75 Å². The van der Waals surface area contributed by atoms with Gasteiger partial charge in [0.2, 0.25) is 0 Å². The minimum Gasteiger partial charge on any atom is -0.497 e. The van der Waals surface area contributed by atoms with Gasteiger partial charge in [-0.25, -0.2) is 0 Å². The summed E-state index contributed by atoms with van der Waals surface area (Å²) in [6, 6.07) is 4.78. The first-order valence-electron chi connectivity index (χ1n) is 8.41. The number of aliphatic hydroxyl groups is 1. The van der Waals surface area contributed by atoms with Crippen molar-refractivity contribution >= 4 is 34.8 Å². The lowest BCUT2D eigenvalue weighted by Gasteiger charge is -2.12. The van der Waals surface area contributed by atoms with Crippen LogP contribution in [0.15, 0.2) is 30.6 Å². The number of rotatable bonds is 4. The number of nitrogens with zero attached hydrogens (tertiary/aromatic N) is 1. The van der Waals surface area contributed by atoms with Crippen LogP contribution in [0.3, 0.4) is 0 Å². The van der Waals surface area contributed by atoms with Gasteiger partial charge in [0.1, 0.15) is 5.75 Å². The first-order chi connectivity index (χ1) is 12.5. The number of nitrogens with one attached hydrogen (secondary N) is 1. The van der Waals surface area contributed by atoms with Crippen molar-refractivity contribution in [1.82, 2.24) is 4.98 Å². The fourth-order valence-corrected chi connectivity index (χ4v) is 3.40. The lowest BCUT2D eigenvalue weighted by molar-refractivity contribution is 0.102. The quantitative estimate of drug-likeness (QED) is 0.796. The van der Waals surface area contributed by atoms with Crippen LogP contribution < -0.4 is 10.1 Å². The highest BCUT2D eigenvalue weighted by Crippen LogP contribution is 2.55. The molecule has 138 valence electrons. The number of halogens is 2. The Morgan fingerprint density at radius 3 is 2.38 bits per heavy atom. The van der Waals surface area contributed by atoms with Gasteiger partial charge in [0, 0.05) is 18.0 Å². The zero-order chi connectivity index (χ0) is 18.7. The summed E-state index contributed by atoms with van der Waals surface area (Å²) >= 11 is 11.9. The fourth-order valence-electron chi connectivity index (χ4n) is 2.95. The summed E-state index contributed by atoms with van der Waals surface area (Å²) in [7, 11) is 1.51. The molecular formula is C19H20Cl2N2O3. The lowest BCUT2D eigenvalue weighted by Crippen LogP contribution is -2.15. The lowest BCUT2D eigenvalue weighted by atomic mass is 10.0. The van der Waals surface area contributed by atoms with E-state index in [-0.39, 0.29) is 22.3 Å². The predicted octanol–water partition coefficient (Wildman–Crippen LogP) is 4.56. The van der Waals surface area contributed by atoms with Crippen molar-refractivity contribution in [2.75, 3.05) is 12.4 Å². The van der Waals surface area contributed by atoms with Crippen LogP contribution >= 0.6 is 23.2 Å². The van der Waals surface area contributed by atoms with Crippen LogP contribution in [0.5, 0.6) is 5.75 Å². The molecule has 1 aromatic heterocycles. The number of carbonyl (C=O) groups excluding carboxylic acids is 1. The number of methoxy groups -OCH3 is 1. The number of hydrogen-bond donors (Lipinski definition) is 2. The minimum absolute atomic E-state index is 0.231. The first-order valence-corrected chi connectivity index (χ1v) is 9.17. The van der Waals surface area contributed by atoms with E-state index in [9.17, 15) is 9.90 Å². The Kier molecular flexibility index (Phi) is 6.01. The second-order valence-electron chi connectivity index (χ2n) is 6.45. The number of pyridine rings is 1. The van der Waals surface area contributed by atoms with Crippen LogP contribution in [0.25, 0.3) is 0 Å². The van der Waals surface area contributed by atoms with Gasteiger partial charge in [-0.05, 0) is 54.9 Å². The van der Waals surface area contributed by atoms with Crippen molar-refractivity contribution in [3.05, 3.63) is 51.8 Å². The monoisotopic (exact) mass is 394 g/mol. The van der Waals surface area contributed by atoms with Gasteiger partial charge < -0.3 is 15.2 Å². The second kappa shape index (κ2) is 8.25. The van der Waals surface area contributed by atoms with Gasteiger partial charge in [-0.1, -0.05) is 23.2 Å². The molecule has 1 heterocycles. The van der Waals surface area contributed by atoms with Gasteiger partial charge in [0.05, 0.1) is 29.4 Å². The van der Waals surface area contributed by atoms with Crippen LogP contribution in [0.2, 0.25) is 10.0 Å². The highest BCUT2D eigenvalue weighted by Gasteiger charge is 2.44. The molecule has 2 aromatic rings. The molecule has 2 aliphatic rings. The van der Waals surface area contributed by atoms with E-state index in [0.717, 1.165) is 0 Å². The first kappa shape index (κ1) is 19.0. The molecule has 2 unspecified atom stereocenters. The maximum Gasteiger partial charge on any atom is 0.256 e. The topological polar surface area (TPSA) is 71.5 Å². The van der Waals surface area contributed by atoms with E-state index in [2.05, 4.69) is 10.3 Å². The number of fused-ring (bicyclic) bond motifs is 1. The molecule has 2 atom stereocenters. The van der Waals surface area contributed by atoms with Gasteiger partial charge in [-0.2, -0.15) is 0 Å². The van der Waals surface area contributed by atoms with Crippen LogP contribution in [-0.4, -0.2) is 23.1 Å². The molecule has 2 aliphatic carbocycles. The van der Waals surface area contributed by atoms with Gasteiger partial charge >= 0.3 is 0 Å². The van der Waals surface area contributed by atoms with Gasteiger partial charge in [0.25, 0.3) is 5.91 Å². The van der Waals surface area contributed by atoms with E-state index in [1.807, 2.05) is 0 Å². The van der Waals surface area contributed by atoms with Gasteiger partial charge in [0.15, 0.2) is 0 Å². The summed E-state index contributed by atoms with van der Waals surface area (Å²) in [5.74, 6) is 2.58. The SMILES string of the molecule is C1CC2CC12.COc1ccc(C(=O)Nc2c(Cl)cncc2Cl)c(CO)c1. The van der Waals surface area contributed by atoms with E-state index < -0.39 is 5.91 Å². The molecule has 4 rings (SSSR count). The van der Waals surface area contributed by atoms with Crippen LogP contribution in [0.1, 0.15) is 35.2 Å². The smallest absolute Gasteiger partial charge is 0.256 e. The highest BCUT2D eigenvalue weighted by atomic mass is 35.5. The normalized spacial score (nSPS) is 19.4. The average molecular weight is 395 g/mol. The van der Waals surface area contributed by atoms with Crippen molar-refractivity contribution in [1.29, 1.82) is 0 Å². The summed E-state index contributed by atoms with van der Waals surface area (Å²) in [5, 5.41) is 12.4. The molecule has 0 spiro atoms. The standard InChI is InChI=1S/C14H12Cl2N2O3.C5H8/c1-21-9-2-3-10(8(4-9)7-19)14(20)18-13-11(15)5-17-6-12(13)16;1-2-5-3-4(1)5/h2-6,19H,7H2,1H3,(H,17,18,20);4-5H,1-3H2. The average Bonchev–Trinajstić information content (AvgIpc) is 3.23. The Morgan fingerprint density at radius 2 is 1.92 bits per heavy atom. The van der Waals surface area contributed by atoms with Crippen molar-refractivity contribution < 1.29 is 14.6 Å². The Labute approximate surface area is 162 Å². The van der Waals surface area contributed by atoms with E-state index >= 15 is 0 Å². The summed E-state index contributed by atoms with van der Waals surface area (Å²) in [6.07, 6.45) is 7.46. The number of anilines is 1. The number of ether oxygens (including phenoxy) is 1. The Hall–Kier alpha value is -1.82. The molecular weight excluding hydrogens is 375 g/mol. The number of amides is 1. The number of benzene rings is 1. The summed E-state index contributed by atoms with van der Waals surface area (Å²) in [6.45, 7) is -0.294. The maximum atomic E-state index is 12.3. The number of carbonyl (C=O) groups is 1. The second-order valence-corrected chi connectivity index (χ2v) is 7.26. The zero-order valence-corrected chi connectivity index (χ0v) is 15.8. The molecule has 2 N–H and O–H groups in total. The molecule has 1 aromatic carbocycles. The zero-order valence-electron chi connectivity index (χ0n) is 14.3. The molecule has 5 nitrogen and oxygen atoms in total. The fraction of sp³-hybridized carbons (Fsp3) is 0.368. The Morgan fingerprint density at radius 1 is 1.27 bits per heavy atom. The van der Waals surface area contributed by atoms with E-state index in [1.54, 1.807) is 37.5 Å². The molecule has 2 fully saturated rings. The number of aliphatic hydroxyl groups excluding tert-OH is 1. The van der Waals surface area contributed by atoms with Crippen molar-refractivity contribution in [2.24, 2.45) is 11.8 Å². The number of aromatic nitrogens is 1. The Balaban J connectivity index is 0.000000328. The van der Waals surface area contributed by atoms with Gasteiger partial charge in [-0.3, -0.25) is 9.78 Å². The predicted molar refractivity (Wildman–Crippen MR) is 102 cm³/mol. The molecule has 0 aliphatic heterocycles. The number of hydrogen-bond acceptors (Lipinski definition) is 4. The van der Waals surface area contributed by atoms with Crippen LogP contribution in [-0.2, 0) is 6.61 Å². The Bertz CT molecular complexity index is 781. The molecule has 2 saturated carbocycles. The third kappa shape index (κ3) is 4.29. The molecule has 7 heteroatoms. The molecule has 0 bridgehead atoms. The molecule has 26 heavy (non-hydrogen) atoms. The summed E-state index contributed by atoms with van der Waals surface area (Å²) < 4.78 is 5.05. The van der Waals surface area contributed by atoms with Crippen LogP contribution in [0.4, 0.5) is 5.69 Å². The maximum absolute atomic E-state index is 12.3. The molecule has 1 amide bonds. The van der Waals surface area contributed by atoms with E-state index in [0.29, 0.717) is 16.9 Å². The van der Waals surface area contributed by atoms with E-state index in [4.69, 9.17) is 27.9 Å². The third-order valence-corrected chi connectivity index (χ3v) is 5.37. The van der Waals surface area contributed by atoms with Crippen molar-refractivity contribution in [2.45, 2.75) is 25.9 Å². The van der Waals surface area contributed by atoms with E-state index in [1.165, 1.54) is 31.3 Å². The van der Waals surface area contributed by atoms with Crippen molar-refractivity contribution in [3.63, 3.8) is 0 Å². The highest BCUT2D eigenvalue weighted by molar-refractivity contribution is 6.39. The van der Waals surface area contributed by atoms with Crippen LogP contribution in [0, 0.1) is 11.8 Å². The minimum atomic E-state index is -0.434. The third-order valence-electron chi connectivity index (χ3n) is 4.80.